The van der Waals surface area contributed by atoms with Crippen LogP contribution in [-0.2, 0) is 4.79 Å². The van der Waals surface area contributed by atoms with Crippen molar-refractivity contribution in [1.29, 1.82) is 0 Å². The molecule has 0 atom stereocenters. The third-order valence-corrected chi connectivity index (χ3v) is 5.34. The lowest BCUT2D eigenvalue weighted by molar-refractivity contribution is -0.114. The Morgan fingerprint density at radius 1 is 0.963 bits per heavy atom. The summed E-state index contributed by atoms with van der Waals surface area (Å²) in [6.07, 6.45) is 0. The summed E-state index contributed by atoms with van der Waals surface area (Å²) in [5, 5.41) is 6.47. The minimum absolute atomic E-state index is 0.113. The van der Waals surface area contributed by atoms with Crippen molar-refractivity contribution in [2.24, 2.45) is 0 Å². The first-order chi connectivity index (χ1) is 12.8. The van der Waals surface area contributed by atoms with Crippen LogP contribution in [0.15, 0.2) is 42.5 Å². The highest BCUT2D eigenvalue weighted by Crippen LogP contribution is 2.29. The Kier molecular flexibility index (Phi) is 5.37. The fraction of sp³-hybridized carbons (Fsp3) is 0.190. The Morgan fingerprint density at radius 3 is 2.33 bits per heavy atom. The Morgan fingerprint density at radius 2 is 1.67 bits per heavy atom. The monoisotopic (exact) mass is 379 g/mol. The first-order valence-corrected chi connectivity index (χ1v) is 9.40. The third-order valence-electron chi connectivity index (χ3n) is 4.32. The van der Waals surface area contributed by atoms with Gasteiger partial charge in [0.05, 0.1) is 0 Å². The van der Waals surface area contributed by atoms with Crippen LogP contribution in [0.5, 0.6) is 0 Å². The summed E-state index contributed by atoms with van der Waals surface area (Å²) in [7, 11) is 0. The minimum atomic E-state index is -0.210. The maximum absolute atomic E-state index is 12.7. The van der Waals surface area contributed by atoms with E-state index in [1.54, 1.807) is 0 Å². The van der Waals surface area contributed by atoms with E-state index >= 15 is 0 Å². The number of hydrogen-bond donors (Lipinski definition) is 2. The summed E-state index contributed by atoms with van der Waals surface area (Å²) in [5.41, 5.74) is 5.04. The average Bonchev–Trinajstić information content (AvgIpc) is 3.01. The molecule has 6 heteroatoms. The number of hydrogen-bond acceptors (Lipinski definition) is 4. The van der Waals surface area contributed by atoms with Gasteiger partial charge in [0.2, 0.25) is 5.91 Å². The zero-order chi connectivity index (χ0) is 19.6. The molecule has 3 aromatic rings. The predicted octanol–water partition coefficient (Wildman–Crippen LogP) is 4.95. The first-order valence-electron chi connectivity index (χ1n) is 8.58. The van der Waals surface area contributed by atoms with Crippen LogP contribution in [0.25, 0.3) is 10.6 Å². The van der Waals surface area contributed by atoms with Gasteiger partial charge in [-0.05, 0) is 62.2 Å². The van der Waals surface area contributed by atoms with E-state index in [9.17, 15) is 9.59 Å². The number of rotatable bonds is 4. The van der Waals surface area contributed by atoms with Crippen molar-refractivity contribution >= 4 is 34.5 Å². The summed E-state index contributed by atoms with van der Waals surface area (Å²) in [6.45, 7) is 7.37. The number of nitrogens with one attached hydrogen (secondary N) is 2. The molecule has 0 aliphatic carbocycles. The molecular formula is C21H21N3O2S. The first kappa shape index (κ1) is 18.8. The minimum Gasteiger partial charge on any atom is -0.326 e. The summed E-state index contributed by atoms with van der Waals surface area (Å²) in [4.78, 5) is 29.2. The summed E-state index contributed by atoms with van der Waals surface area (Å²) in [6, 6.07) is 13.2. The van der Waals surface area contributed by atoms with Gasteiger partial charge in [-0.1, -0.05) is 12.1 Å². The maximum Gasteiger partial charge on any atom is 0.275 e. The highest BCUT2D eigenvalue weighted by Gasteiger charge is 2.17. The molecule has 2 aromatic carbocycles. The van der Waals surface area contributed by atoms with Crippen molar-refractivity contribution < 1.29 is 9.59 Å². The van der Waals surface area contributed by atoms with E-state index in [4.69, 9.17) is 0 Å². The molecule has 1 heterocycles. The molecule has 0 spiro atoms. The van der Waals surface area contributed by atoms with Gasteiger partial charge in [0, 0.05) is 28.7 Å². The fourth-order valence-corrected chi connectivity index (χ4v) is 3.61. The number of aryl methyl sites for hydroxylation is 2. The van der Waals surface area contributed by atoms with Crippen molar-refractivity contribution in [2.75, 3.05) is 10.6 Å². The normalized spacial score (nSPS) is 10.5. The Bertz CT molecular complexity index is 1010. The van der Waals surface area contributed by atoms with E-state index in [0.717, 1.165) is 37.9 Å². The van der Waals surface area contributed by atoms with Crippen LogP contribution in [0, 0.1) is 20.8 Å². The van der Waals surface area contributed by atoms with E-state index in [2.05, 4.69) is 15.6 Å². The predicted molar refractivity (Wildman–Crippen MR) is 110 cm³/mol. The third kappa shape index (κ3) is 4.23. The van der Waals surface area contributed by atoms with Crippen LogP contribution in [0.3, 0.4) is 0 Å². The van der Waals surface area contributed by atoms with Crippen molar-refractivity contribution in [1.82, 2.24) is 4.98 Å². The molecule has 5 nitrogen and oxygen atoms in total. The van der Waals surface area contributed by atoms with Gasteiger partial charge in [0.1, 0.15) is 10.7 Å². The van der Waals surface area contributed by atoms with Crippen molar-refractivity contribution in [2.45, 2.75) is 27.7 Å². The second kappa shape index (κ2) is 7.72. The topological polar surface area (TPSA) is 71.1 Å². The van der Waals surface area contributed by atoms with E-state index in [0.29, 0.717) is 5.69 Å². The van der Waals surface area contributed by atoms with Crippen LogP contribution < -0.4 is 10.6 Å². The number of thiazole rings is 1. The van der Waals surface area contributed by atoms with E-state index < -0.39 is 0 Å². The van der Waals surface area contributed by atoms with E-state index in [1.165, 1.54) is 18.3 Å². The lowest BCUT2D eigenvalue weighted by Gasteiger charge is -2.09. The largest absolute Gasteiger partial charge is 0.326 e. The molecular weight excluding hydrogens is 358 g/mol. The van der Waals surface area contributed by atoms with Gasteiger partial charge < -0.3 is 10.6 Å². The SMILES string of the molecule is CC(=O)Nc1ccc(-c2nc(C(=O)Nc3cccc(C)c3C)c(C)s2)cc1. The maximum atomic E-state index is 12.7. The van der Waals surface area contributed by atoms with Crippen LogP contribution >= 0.6 is 11.3 Å². The zero-order valence-electron chi connectivity index (χ0n) is 15.7. The Labute approximate surface area is 162 Å². The van der Waals surface area contributed by atoms with Gasteiger partial charge in [0.25, 0.3) is 5.91 Å². The van der Waals surface area contributed by atoms with Gasteiger partial charge >= 0.3 is 0 Å². The molecule has 138 valence electrons. The quantitative estimate of drug-likeness (QED) is 0.674. The highest BCUT2D eigenvalue weighted by atomic mass is 32.1. The molecule has 0 radical (unpaired) electrons. The molecule has 2 amide bonds. The van der Waals surface area contributed by atoms with E-state index in [-0.39, 0.29) is 11.8 Å². The lowest BCUT2D eigenvalue weighted by Crippen LogP contribution is -2.14. The average molecular weight is 379 g/mol. The molecule has 0 bridgehead atoms. The molecule has 1 aromatic heterocycles. The lowest BCUT2D eigenvalue weighted by atomic mass is 10.1. The summed E-state index contributed by atoms with van der Waals surface area (Å²) >= 11 is 1.47. The number of carbonyl (C=O) groups excluding carboxylic acids is 2. The molecule has 0 aliphatic rings. The second-order valence-corrected chi connectivity index (χ2v) is 7.59. The zero-order valence-corrected chi connectivity index (χ0v) is 16.5. The molecule has 0 saturated heterocycles. The molecule has 0 aliphatic heterocycles. The van der Waals surface area contributed by atoms with Gasteiger partial charge in [0.15, 0.2) is 0 Å². The number of benzene rings is 2. The number of aromatic nitrogens is 1. The standard InChI is InChI=1S/C21H21N3O2S/c1-12-6-5-7-18(13(12)2)23-20(26)19-14(3)27-21(24-19)16-8-10-17(11-9-16)22-15(4)25/h5-11H,1-4H3,(H,22,25)(H,23,26). The molecule has 0 saturated carbocycles. The number of amides is 2. The number of anilines is 2. The van der Waals surface area contributed by atoms with Crippen LogP contribution in [0.4, 0.5) is 11.4 Å². The highest BCUT2D eigenvalue weighted by molar-refractivity contribution is 7.15. The van der Waals surface area contributed by atoms with E-state index in [1.807, 2.05) is 63.2 Å². The molecule has 0 fully saturated rings. The van der Waals surface area contributed by atoms with Crippen LogP contribution in [-0.4, -0.2) is 16.8 Å². The van der Waals surface area contributed by atoms with Gasteiger partial charge in [-0.25, -0.2) is 4.98 Å². The van der Waals surface area contributed by atoms with Crippen LogP contribution in [0.2, 0.25) is 0 Å². The van der Waals surface area contributed by atoms with Gasteiger partial charge in [-0.3, -0.25) is 9.59 Å². The van der Waals surface area contributed by atoms with Crippen molar-refractivity contribution in [3.05, 3.63) is 64.2 Å². The fourth-order valence-electron chi connectivity index (χ4n) is 2.70. The molecule has 3 rings (SSSR count). The summed E-state index contributed by atoms with van der Waals surface area (Å²) < 4.78 is 0. The molecule has 2 N–H and O–H groups in total. The number of carbonyl (C=O) groups is 2. The number of nitrogens with zero attached hydrogens (tertiary/aromatic N) is 1. The summed E-state index contributed by atoms with van der Waals surface area (Å²) in [5.74, 6) is -0.322. The van der Waals surface area contributed by atoms with Crippen LogP contribution in [0.1, 0.15) is 33.4 Å². The Hall–Kier alpha value is -2.99. The Balaban J connectivity index is 1.82. The smallest absolute Gasteiger partial charge is 0.275 e. The van der Waals surface area contributed by atoms with Gasteiger partial charge in [-0.15, -0.1) is 11.3 Å². The molecule has 27 heavy (non-hydrogen) atoms. The van der Waals surface area contributed by atoms with Gasteiger partial charge in [-0.2, -0.15) is 0 Å². The second-order valence-electron chi connectivity index (χ2n) is 6.38. The molecule has 0 unspecified atom stereocenters. The van der Waals surface area contributed by atoms with Crippen molar-refractivity contribution in [3.63, 3.8) is 0 Å². The van der Waals surface area contributed by atoms with Crippen molar-refractivity contribution in [3.8, 4) is 10.6 Å².